The molecular formula is C16H23N5O. The highest BCUT2D eigenvalue weighted by Crippen LogP contribution is 2.07. The minimum Gasteiger partial charge on any atom is -0.367 e. The maximum atomic E-state index is 11.8. The van der Waals surface area contributed by atoms with Crippen LogP contribution in [-0.4, -0.2) is 33.8 Å². The fraction of sp³-hybridized carbons (Fsp3) is 0.438. The lowest BCUT2D eigenvalue weighted by atomic mass is 10.0. The Morgan fingerprint density at radius 1 is 1.14 bits per heavy atom. The molecule has 2 aromatic rings. The number of nitrogens with zero attached hydrogens (tertiary/aromatic N) is 3. The fourth-order valence-electron chi connectivity index (χ4n) is 2.22. The van der Waals surface area contributed by atoms with E-state index in [1.165, 1.54) is 0 Å². The van der Waals surface area contributed by atoms with Gasteiger partial charge < -0.3 is 15.2 Å². The number of anilines is 1. The molecule has 2 rings (SSSR count). The van der Waals surface area contributed by atoms with Crippen LogP contribution in [0.4, 0.5) is 5.82 Å². The molecule has 0 saturated carbocycles. The van der Waals surface area contributed by atoms with Crippen molar-refractivity contribution in [1.82, 2.24) is 20.1 Å². The molecule has 0 aliphatic rings. The molecule has 0 fully saturated rings. The standard InChI is InChI=1S/C16H23N5O/c1-3-13(4-2)16(22)18-10-9-17-14-7-8-15(20-19-14)21-11-5-6-12-21/h5-8,11-13H,3-4,9-10H2,1-2H3,(H,17,19)(H,18,22). The van der Waals surface area contributed by atoms with Crippen LogP contribution in [0.25, 0.3) is 5.82 Å². The second-order valence-electron chi connectivity index (χ2n) is 5.10. The van der Waals surface area contributed by atoms with E-state index in [9.17, 15) is 4.79 Å². The molecule has 118 valence electrons. The Bertz CT molecular complexity index is 561. The Labute approximate surface area is 130 Å². The molecule has 0 unspecified atom stereocenters. The molecule has 0 aliphatic heterocycles. The Morgan fingerprint density at radius 3 is 2.45 bits per heavy atom. The Kier molecular flexibility index (Phi) is 5.94. The molecule has 0 atom stereocenters. The van der Waals surface area contributed by atoms with E-state index in [1.54, 1.807) is 0 Å². The Morgan fingerprint density at radius 2 is 1.86 bits per heavy atom. The van der Waals surface area contributed by atoms with Crippen LogP contribution in [0.5, 0.6) is 0 Å². The highest BCUT2D eigenvalue weighted by atomic mass is 16.1. The fourth-order valence-corrected chi connectivity index (χ4v) is 2.22. The smallest absolute Gasteiger partial charge is 0.223 e. The zero-order chi connectivity index (χ0) is 15.8. The van der Waals surface area contributed by atoms with E-state index >= 15 is 0 Å². The molecule has 2 N–H and O–H groups in total. The molecule has 22 heavy (non-hydrogen) atoms. The van der Waals surface area contributed by atoms with Gasteiger partial charge >= 0.3 is 0 Å². The molecule has 0 saturated heterocycles. The van der Waals surface area contributed by atoms with Gasteiger partial charge in [-0.3, -0.25) is 4.79 Å². The first-order valence-corrected chi connectivity index (χ1v) is 7.73. The summed E-state index contributed by atoms with van der Waals surface area (Å²) < 4.78 is 1.90. The monoisotopic (exact) mass is 301 g/mol. The van der Waals surface area contributed by atoms with Crippen molar-refractivity contribution in [2.45, 2.75) is 26.7 Å². The van der Waals surface area contributed by atoms with Crippen molar-refractivity contribution in [2.24, 2.45) is 5.92 Å². The van der Waals surface area contributed by atoms with E-state index in [0.717, 1.165) is 18.7 Å². The summed E-state index contributed by atoms with van der Waals surface area (Å²) in [5, 5.41) is 14.4. The number of nitrogens with one attached hydrogen (secondary N) is 2. The van der Waals surface area contributed by atoms with Crippen molar-refractivity contribution in [2.75, 3.05) is 18.4 Å². The Balaban J connectivity index is 1.74. The second-order valence-corrected chi connectivity index (χ2v) is 5.10. The molecule has 2 heterocycles. The summed E-state index contributed by atoms with van der Waals surface area (Å²) in [6, 6.07) is 7.66. The first-order valence-electron chi connectivity index (χ1n) is 7.73. The second kappa shape index (κ2) is 8.17. The lowest BCUT2D eigenvalue weighted by Crippen LogP contribution is -2.33. The van der Waals surface area contributed by atoms with Gasteiger partial charge in [0.1, 0.15) is 5.82 Å². The van der Waals surface area contributed by atoms with Crippen LogP contribution in [0.1, 0.15) is 26.7 Å². The summed E-state index contributed by atoms with van der Waals surface area (Å²) >= 11 is 0. The maximum Gasteiger partial charge on any atom is 0.223 e. The first kappa shape index (κ1) is 16.0. The summed E-state index contributed by atoms with van der Waals surface area (Å²) in [6.45, 7) is 5.28. The predicted octanol–water partition coefficient (Wildman–Crippen LogP) is 2.23. The summed E-state index contributed by atoms with van der Waals surface area (Å²) in [5.74, 6) is 1.71. The lowest BCUT2D eigenvalue weighted by molar-refractivity contribution is -0.125. The van der Waals surface area contributed by atoms with Crippen LogP contribution in [-0.2, 0) is 4.79 Å². The van der Waals surface area contributed by atoms with E-state index in [2.05, 4.69) is 20.8 Å². The average Bonchev–Trinajstić information content (AvgIpc) is 3.08. The topological polar surface area (TPSA) is 71.8 Å². The van der Waals surface area contributed by atoms with E-state index in [-0.39, 0.29) is 11.8 Å². The van der Waals surface area contributed by atoms with Gasteiger partial charge in [-0.25, -0.2) is 0 Å². The number of carbonyl (C=O) groups is 1. The largest absolute Gasteiger partial charge is 0.367 e. The molecular weight excluding hydrogens is 278 g/mol. The van der Waals surface area contributed by atoms with Gasteiger partial charge in [0.2, 0.25) is 5.91 Å². The highest BCUT2D eigenvalue weighted by Gasteiger charge is 2.12. The minimum absolute atomic E-state index is 0.112. The normalized spacial score (nSPS) is 10.7. The van der Waals surface area contributed by atoms with E-state index in [4.69, 9.17) is 0 Å². The van der Waals surface area contributed by atoms with Crippen LogP contribution in [0.15, 0.2) is 36.7 Å². The van der Waals surface area contributed by atoms with Crippen molar-refractivity contribution in [3.63, 3.8) is 0 Å². The molecule has 0 radical (unpaired) electrons. The highest BCUT2D eigenvalue weighted by molar-refractivity contribution is 5.78. The van der Waals surface area contributed by atoms with Crippen molar-refractivity contribution >= 4 is 11.7 Å². The molecule has 0 aliphatic carbocycles. The maximum absolute atomic E-state index is 11.8. The zero-order valence-electron chi connectivity index (χ0n) is 13.1. The molecule has 0 bridgehead atoms. The molecule has 6 nitrogen and oxygen atoms in total. The average molecular weight is 301 g/mol. The third-order valence-electron chi connectivity index (χ3n) is 3.61. The van der Waals surface area contributed by atoms with Crippen molar-refractivity contribution in [1.29, 1.82) is 0 Å². The van der Waals surface area contributed by atoms with Crippen LogP contribution in [0.2, 0.25) is 0 Å². The number of aromatic nitrogens is 3. The zero-order valence-corrected chi connectivity index (χ0v) is 13.1. The molecule has 6 heteroatoms. The van der Waals surface area contributed by atoms with Crippen LogP contribution in [0, 0.1) is 5.92 Å². The molecule has 1 amide bonds. The van der Waals surface area contributed by atoms with Crippen LogP contribution < -0.4 is 10.6 Å². The predicted molar refractivity (Wildman–Crippen MR) is 86.9 cm³/mol. The first-order chi connectivity index (χ1) is 10.7. The molecule has 2 aromatic heterocycles. The van der Waals surface area contributed by atoms with Crippen molar-refractivity contribution in [3.05, 3.63) is 36.7 Å². The number of hydrogen-bond acceptors (Lipinski definition) is 4. The third-order valence-corrected chi connectivity index (χ3v) is 3.61. The third kappa shape index (κ3) is 4.31. The van der Waals surface area contributed by atoms with E-state index < -0.39 is 0 Å². The van der Waals surface area contributed by atoms with Crippen molar-refractivity contribution < 1.29 is 4.79 Å². The number of rotatable bonds is 8. The van der Waals surface area contributed by atoms with Gasteiger partial charge in [0.05, 0.1) is 0 Å². The number of amides is 1. The van der Waals surface area contributed by atoms with Gasteiger partial charge in [-0.2, -0.15) is 0 Å². The van der Waals surface area contributed by atoms with Gasteiger partial charge in [0, 0.05) is 31.4 Å². The summed E-state index contributed by atoms with van der Waals surface area (Å²) in [5.41, 5.74) is 0. The van der Waals surface area contributed by atoms with Gasteiger partial charge in [0.25, 0.3) is 0 Å². The summed E-state index contributed by atoms with van der Waals surface area (Å²) in [7, 11) is 0. The van der Waals surface area contributed by atoms with Gasteiger partial charge in [-0.05, 0) is 37.1 Å². The van der Waals surface area contributed by atoms with Crippen molar-refractivity contribution in [3.8, 4) is 5.82 Å². The quantitative estimate of drug-likeness (QED) is 0.733. The van der Waals surface area contributed by atoms with Crippen LogP contribution >= 0.6 is 0 Å². The van der Waals surface area contributed by atoms with Gasteiger partial charge in [0.15, 0.2) is 5.82 Å². The van der Waals surface area contributed by atoms with Crippen LogP contribution in [0.3, 0.4) is 0 Å². The minimum atomic E-state index is 0.112. The van der Waals surface area contributed by atoms with E-state index in [1.807, 2.05) is 55.1 Å². The Hall–Kier alpha value is -2.37. The number of carbonyl (C=O) groups excluding carboxylic acids is 1. The van der Waals surface area contributed by atoms with E-state index in [0.29, 0.717) is 18.9 Å². The summed E-state index contributed by atoms with van der Waals surface area (Å²) in [4.78, 5) is 11.8. The molecule has 0 spiro atoms. The van der Waals surface area contributed by atoms with Gasteiger partial charge in [-0.1, -0.05) is 13.8 Å². The number of hydrogen-bond donors (Lipinski definition) is 2. The van der Waals surface area contributed by atoms with Gasteiger partial charge in [-0.15, -0.1) is 10.2 Å². The summed E-state index contributed by atoms with van der Waals surface area (Å²) in [6.07, 6.45) is 5.60. The molecule has 0 aromatic carbocycles. The SMILES string of the molecule is CCC(CC)C(=O)NCCNc1ccc(-n2cccc2)nn1. The lowest BCUT2D eigenvalue weighted by Gasteiger charge is -2.13.